The fraction of sp³-hybridized carbons (Fsp3) is 0.250. The minimum absolute atomic E-state index is 0.123. The molecule has 1 unspecified atom stereocenters. The lowest BCUT2D eigenvalue weighted by Gasteiger charge is -2.21. The van der Waals surface area contributed by atoms with Gasteiger partial charge in [-0.05, 0) is 41.9 Å². The molecule has 0 spiro atoms. The predicted octanol–water partition coefficient (Wildman–Crippen LogP) is 4.81. The van der Waals surface area contributed by atoms with Crippen LogP contribution in [0.1, 0.15) is 24.1 Å². The summed E-state index contributed by atoms with van der Waals surface area (Å²) in [6.07, 6.45) is 0. The summed E-state index contributed by atoms with van der Waals surface area (Å²) in [6, 6.07) is 14.1. The Labute approximate surface area is 133 Å². The van der Waals surface area contributed by atoms with Gasteiger partial charge < -0.3 is 10.1 Å². The van der Waals surface area contributed by atoms with Crippen LogP contribution in [0.5, 0.6) is 5.75 Å². The Kier molecular flexibility index (Phi) is 5.46. The van der Waals surface area contributed by atoms with Crippen molar-refractivity contribution in [1.82, 2.24) is 5.32 Å². The average molecular weight is 355 g/mol. The number of ether oxygens (including phenoxy) is 1. The highest BCUT2D eigenvalue weighted by molar-refractivity contribution is 9.10. The van der Waals surface area contributed by atoms with Gasteiger partial charge in [-0.3, -0.25) is 0 Å². The third kappa shape index (κ3) is 3.54. The van der Waals surface area contributed by atoms with E-state index in [4.69, 9.17) is 16.3 Å². The van der Waals surface area contributed by atoms with Gasteiger partial charge >= 0.3 is 0 Å². The summed E-state index contributed by atoms with van der Waals surface area (Å²) in [5.41, 5.74) is 2.36. The minimum Gasteiger partial charge on any atom is -0.497 e. The van der Waals surface area contributed by atoms with Crippen molar-refractivity contribution in [1.29, 1.82) is 0 Å². The van der Waals surface area contributed by atoms with E-state index in [0.717, 1.165) is 21.8 Å². The number of nitrogens with one attached hydrogen (secondary N) is 1. The van der Waals surface area contributed by atoms with E-state index < -0.39 is 0 Å². The second kappa shape index (κ2) is 7.11. The Hall–Kier alpha value is -1.03. The van der Waals surface area contributed by atoms with Crippen molar-refractivity contribution >= 4 is 27.5 Å². The van der Waals surface area contributed by atoms with Gasteiger partial charge in [0.25, 0.3) is 0 Å². The standard InChI is InChI=1S/C16H17BrClNO/c1-3-19-16(11-4-6-12(18)7-5-11)14-9-8-13(20-2)10-15(14)17/h4-10,16,19H,3H2,1-2H3. The molecule has 106 valence electrons. The van der Waals surface area contributed by atoms with Crippen LogP contribution < -0.4 is 10.1 Å². The zero-order chi connectivity index (χ0) is 14.5. The lowest BCUT2D eigenvalue weighted by molar-refractivity contribution is 0.414. The molecule has 0 saturated carbocycles. The zero-order valence-corrected chi connectivity index (χ0v) is 13.8. The third-order valence-electron chi connectivity index (χ3n) is 3.13. The monoisotopic (exact) mass is 353 g/mol. The van der Waals surface area contributed by atoms with Crippen molar-refractivity contribution in [2.75, 3.05) is 13.7 Å². The molecular weight excluding hydrogens is 338 g/mol. The average Bonchev–Trinajstić information content (AvgIpc) is 2.46. The molecule has 0 aromatic heterocycles. The first-order valence-electron chi connectivity index (χ1n) is 6.48. The molecular formula is C16H17BrClNO. The maximum atomic E-state index is 5.96. The van der Waals surface area contributed by atoms with Gasteiger partial charge in [0.2, 0.25) is 0 Å². The summed E-state index contributed by atoms with van der Waals surface area (Å²) >= 11 is 9.59. The zero-order valence-electron chi connectivity index (χ0n) is 11.5. The molecule has 0 amide bonds. The van der Waals surface area contributed by atoms with Crippen LogP contribution in [0.2, 0.25) is 5.02 Å². The van der Waals surface area contributed by atoms with Gasteiger partial charge in [0, 0.05) is 9.50 Å². The topological polar surface area (TPSA) is 21.3 Å². The summed E-state index contributed by atoms with van der Waals surface area (Å²) in [5.74, 6) is 0.840. The molecule has 0 aliphatic rings. The van der Waals surface area contributed by atoms with E-state index in [0.29, 0.717) is 0 Å². The Morgan fingerprint density at radius 3 is 2.45 bits per heavy atom. The maximum Gasteiger partial charge on any atom is 0.120 e. The van der Waals surface area contributed by atoms with Crippen LogP contribution in [0.3, 0.4) is 0 Å². The van der Waals surface area contributed by atoms with Gasteiger partial charge in [-0.2, -0.15) is 0 Å². The molecule has 0 fully saturated rings. The number of halogens is 2. The molecule has 1 N–H and O–H groups in total. The molecule has 2 aromatic rings. The van der Waals surface area contributed by atoms with E-state index in [2.05, 4.69) is 34.2 Å². The quantitative estimate of drug-likeness (QED) is 0.832. The van der Waals surface area contributed by atoms with Crippen LogP contribution >= 0.6 is 27.5 Å². The summed E-state index contributed by atoms with van der Waals surface area (Å²) in [7, 11) is 1.67. The van der Waals surface area contributed by atoms with Gasteiger partial charge in [0.15, 0.2) is 0 Å². The highest BCUT2D eigenvalue weighted by Gasteiger charge is 2.16. The Bertz CT molecular complexity index is 571. The summed E-state index contributed by atoms with van der Waals surface area (Å²) in [5, 5.41) is 4.25. The molecule has 2 nitrogen and oxygen atoms in total. The van der Waals surface area contributed by atoms with Crippen molar-refractivity contribution < 1.29 is 4.74 Å². The van der Waals surface area contributed by atoms with Gasteiger partial charge in [0.1, 0.15) is 5.75 Å². The summed E-state index contributed by atoms with van der Waals surface area (Å²) in [4.78, 5) is 0. The van der Waals surface area contributed by atoms with Crippen molar-refractivity contribution in [3.63, 3.8) is 0 Å². The Morgan fingerprint density at radius 2 is 1.90 bits per heavy atom. The molecule has 2 aromatic carbocycles. The lowest BCUT2D eigenvalue weighted by Crippen LogP contribution is -2.22. The van der Waals surface area contributed by atoms with Gasteiger partial charge in [0.05, 0.1) is 13.2 Å². The van der Waals surface area contributed by atoms with Gasteiger partial charge in [-0.1, -0.05) is 52.7 Å². The Morgan fingerprint density at radius 1 is 1.20 bits per heavy atom. The van der Waals surface area contributed by atoms with Gasteiger partial charge in [-0.15, -0.1) is 0 Å². The van der Waals surface area contributed by atoms with E-state index in [9.17, 15) is 0 Å². The number of hydrogen-bond donors (Lipinski definition) is 1. The number of methoxy groups -OCH3 is 1. The molecule has 0 heterocycles. The second-order valence-electron chi connectivity index (χ2n) is 4.43. The maximum absolute atomic E-state index is 5.96. The lowest BCUT2D eigenvalue weighted by atomic mass is 9.98. The molecule has 0 saturated heterocycles. The van der Waals surface area contributed by atoms with Crippen LogP contribution in [-0.4, -0.2) is 13.7 Å². The van der Waals surface area contributed by atoms with Gasteiger partial charge in [-0.25, -0.2) is 0 Å². The van der Waals surface area contributed by atoms with Crippen molar-refractivity contribution in [3.8, 4) is 5.75 Å². The molecule has 0 radical (unpaired) electrons. The summed E-state index contributed by atoms with van der Waals surface area (Å²) in [6.45, 7) is 2.98. The first-order valence-corrected chi connectivity index (χ1v) is 7.65. The summed E-state index contributed by atoms with van der Waals surface area (Å²) < 4.78 is 6.27. The fourth-order valence-electron chi connectivity index (χ4n) is 2.14. The highest BCUT2D eigenvalue weighted by Crippen LogP contribution is 2.31. The van der Waals surface area contributed by atoms with E-state index in [-0.39, 0.29) is 6.04 Å². The van der Waals surface area contributed by atoms with E-state index in [1.807, 2.05) is 36.4 Å². The van der Waals surface area contributed by atoms with E-state index in [1.165, 1.54) is 11.1 Å². The third-order valence-corrected chi connectivity index (χ3v) is 4.07. The first kappa shape index (κ1) is 15.4. The smallest absolute Gasteiger partial charge is 0.120 e. The van der Waals surface area contributed by atoms with Crippen LogP contribution in [0.25, 0.3) is 0 Å². The number of hydrogen-bond acceptors (Lipinski definition) is 2. The molecule has 20 heavy (non-hydrogen) atoms. The molecule has 1 atom stereocenters. The molecule has 4 heteroatoms. The minimum atomic E-state index is 0.123. The Balaban J connectivity index is 2.40. The molecule has 0 aliphatic heterocycles. The number of benzene rings is 2. The molecule has 0 aliphatic carbocycles. The SMILES string of the molecule is CCNC(c1ccc(Cl)cc1)c1ccc(OC)cc1Br. The number of rotatable bonds is 5. The molecule has 2 rings (SSSR count). The van der Waals surface area contributed by atoms with Crippen LogP contribution in [0.15, 0.2) is 46.9 Å². The second-order valence-corrected chi connectivity index (χ2v) is 5.72. The van der Waals surface area contributed by atoms with E-state index >= 15 is 0 Å². The normalized spacial score (nSPS) is 12.2. The van der Waals surface area contributed by atoms with Crippen LogP contribution in [0, 0.1) is 0 Å². The van der Waals surface area contributed by atoms with Crippen LogP contribution in [0.4, 0.5) is 0 Å². The van der Waals surface area contributed by atoms with Crippen molar-refractivity contribution in [3.05, 3.63) is 63.1 Å². The largest absolute Gasteiger partial charge is 0.497 e. The highest BCUT2D eigenvalue weighted by atomic mass is 79.9. The first-order chi connectivity index (χ1) is 9.65. The van der Waals surface area contributed by atoms with E-state index in [1.54, 1.807) is 7.11 Å². The van der Waals surface area contributed by atoms with Crippen LogP contribution in [-0.2, 0) is 0 Å². The molecule has 0 bridgehead atoms. The predicted molar refractivity (Wildman–Crippen MR) is 87.7 cm³/mol. The van der Waals surface area contributed by atoms with Crippen molar-refractivity contribution in [2.24, 2.45) is 0 Å². The fourth-order valence-corrected chi connectivity index (χ4v) is 2.85. The van der Waals surface area contributed by atoms with Crippen molar-refractivity contribution in [2.45, 2.75) is 13.0 Å².